The number of piperazine rings is 1. The van der Waals surface area contributed by atoms with E-state index in [0.29, 0.717) is 19.5 Å². The van der Waals surface area contributed by atoms with Crippen LogP contribution in [0.3, 0.4) is 0 Å². The SMILES string of the molecule is COc1cccc(N2CCN(C(=O)CC[C@H]3NC(=O)NC3=O)CC2)c1. The molecule has 2 N–H and O–H groups in total. The van der Waals surface area contributed by atoms with Crippen LogP contribution in [0.5, 0.6) is 5.75 Å². The summed E-state index contributed by atoms with van der Waals surface area (Å²) in [6.07, 6.45) is 0.573. The second-order valence-corrected chi connectivity index (χ2v) is 6.12. The van der Waals surface area contributed by atoms with Gasteiger partial charge in [0.15, 0.2) is 0 Å². The van der Waals surface area contributed by atoms with Crippen molar-refractivity contribution in [3.63, 3.8) is 0 Å². The van der Waals surface area contributed by atoms with Gasteiger partial charge in [-0.3, -0.25) is 14.9 Å². The van der Waals surface area contributed by atoms with Gasteiger partial charge in [0.1, 0.15) is 11.8 Å². The molecule has 0 aromatic heterocycles. The number of anilines is 1. The molecule has 8 heteroatoms. The summed E-state index contributed by atoms with van der Waals surface area (Å²) in [5.41, 5.74) is 1.08. The van der Waals surface area contributed by atoms with Gasteiger partial charge in [0.25, 0.3) is 5.91 Å². The first-order valence-electron chi connectivity index (χ1n) is 8.35. The average Bonchev–Trinajstić information content (AvgIpc) is 2.97. The van der Waals surface area contributed by atoms with Crippen molar-refractivity contribution in [2.45, 2.75) is 18.9 Å². The molecular weight excluding hydrogens is 324 g/mol. The number of nitrogens with one attached hydrogen (secondary N) is 2. The number of rotatable bonds is 5. The normalized spacial score (nSPS) is 20.3. The molecule has 25 heavy (non-hydrogen) atoms. The minimum atomic E-state index is -0.602. The summed E-state index contributed by atoms with van der Waals surface area (Å²) in [6.45, 7) is 2.78. The van der Waals surface area contributed by atoms with Crippen LogP contribution in [-0.4, -0.2) is 62.1 Å². The third-order valence-electron chi connectivity index (χ3n) is 4.56. The summed E-state index contributed by atoms with van der Waals surface area (Å²) in [4.78, 5) is 38.9. The number of hydrogen-bond donors (Lipinski definition) is 2. The standard InChI is InChI=1S/C17H22N4O4/c1-25-13-4-2-3-12(11-13)20-7-9-21(10-8-20)15(22)6-5-14-16(23)19-17(24)18-14/h2-4,11,14H,5-10H2,1H3,(H2,18,19,23,24)/t14-/m1/s1. The first-order chi connectivity index (χ1) is 12.1. The molecule has 2 saturated heterocycles. The molecule has 0 bridgehead atoms. The lowest BCUT2D eigenvalue weighted by Crippen LogP contribution is -2.49. The van der Waals surface area contributed by atoms with E-state index >= 15 is 0 Å². The molecule has 1 atom stereocenters. The molecule has 0 spiro atoms. The van der Waals surface area contributed by atoms with Crippen molar-refractivity contribution in [2.24, 2.45) is 0 Å². The maximum atomic E-state index is 12.3. The van der Waals surface area contributed by atoms with Crippen LogP contribution in [0.2, 0.25) is 0 Å². The number of methoxy groups -OCH3 is 1. The van der Waals surface area contributed by atoms with Gasteiger partial charge < -0.3 is 19.9 Å². The number of urea groups is 1. The van der Waals surface area contributed by atoms with E-state index in [4.69, 9.17) is 4.74 Å². The Kier molecular flexibility index (Phi) is 5.06. The van der Waals surface area contributed by atoms with Gasteiger partial charge in [-0.05, 0) is 18.6 Å². The molecule has 0 aliphatic carbocycles. The molecule has 8 nitrogen and oxygen atoms in total. The fourth-order valence-corrected chi connectivity index (χ4v) is 3.11. The van der Waals surface area contributed by atoms with Gasteiger partial charge in [-0.1, -0.05) is 6.07 Å². The lowest BCUT2D eigenvalue weighted by molar-refractivity contribution is -0.131. The van der Waals surface area contributed by atoms with Crippen LogP contribution in [0, 0.1) is 0 Å². The highest BCUT2D eigenvalue weighted by molar-refractivity contribution is 6.04. The Bertz CT molecular complexity index is 670. The van der Waals surface area contributed by atoms with E-state index < -0.39 is 12.1 Å². The van der Waals surface area contributed by atoms with Crippen molar-refractivity contribution in [1.29, 1.82) is 0 Å². The second kappa shape index (κ2) is 7.42. The molecule has 0 radical (unpaired) electrons. The number of imide groups is 1. The van der Waals surface area contributed by atoms with Gasteiger partial charge in [-0.15, -0.1) is 0 Å². The molecule has 2 heterocycles. The fraction of sp³-hybridized carbons (Fsp3) is 0.471. The molecular formula is C17H22N4O4. The Hall–Kier alpha value is -2.77. The Balaban J connectivity index is 1.47. The number of carbonyl (C=O) groups is 3. The topological polar surface area (TPSA) is 91.0 Å². The Morgan fingerprint density at radius 2 is 2.00 bits per heavy atom. The average molecular weight is 346 g/mol. The number of hydrogen-bond acceptors (Lipinski definition) is 5. The van der Waals surface area contributed by atoms with Crippen LogP contribution in [0.25, 0.3) is 0 Å². The molecule has 2 aliphatic heterocycles. The van der Waals surface area contributed by atoms with E-state index in [2.05, 4.69) is 15.5 Å². The molecule has 0 saturated carbocycles. The van der Waals surface area contributed by atoms with Crippen LogP contribution in [0.15, 0.2) is 24.3 Å². The van der Waals surface area contributed by atoms with E-state index in [9.17, 15) is 14.4 Å². The number of carbonyl (C=O) groups excluding carboxylic acids is 3. The number of nitrogens with zero attached hydrogens (tertiary/aromatic N) is 2. The van der Waals surface area contributed by atoms with E-state index in [1.165, 1.54) is 0 Å². The van der Waals surface area contributed by atoms with E-state index in [1.807, 2.05) is 29.2 Å². The molecule has 2 fully saturated rings. The zero-order chi connectivity index (χ0) is 17.8. The summed E-state index contributed by atoms with van der Waals surface area (Å²) in [6, 6.07) is 6.78. The summed E-state index contributed by atoms with van der Waals surface area (Å²) < 4.78 is 5.25. The molecule has 3 rings (SSSR count). The molecule has 2 aliphatic rings. The van der Waals surface area contributed by atoms with E-state index in [-0.39, 0.29) is 18.2 Å². The Morgan fingerprint density at radius 1 is 1.24 bits per heavy atom. The van der Waals surface area contributed by atoms with Crippen LogP contribution in [0.4, 0.5) is 10.5 Å². The monoisotopic (exact) mass is 346 g/mol. The maximum absolute atomic E-state index is 12.3. The highest BCUT2D eigenvalue weighted by Crippen LogP contribution is 2.22. The second-order valence-electron chi connectivity index (χ2n) is 6.12. The smallest absolute Gasteiger partial charge is 0.322 e. The minimum absolute atomic E-state index is 0.0132. The van der Waals surface area contributed by atoms with Crippen molar-refractivity contribution in [2.75, 3.05) is 38.2 Å². The predicted octanol–water partition coefficient (Wildman–Crippen LogP) is 0.332. The zero-order valence-electron chi connectivity index (χ0n) is 14.2. The molecule has 134 valence electrons. The first-order valence-corrected chi connectivity index (χ1v) is 8.35. The van der Waals surface area contributed by atoms with Crippen molar-refractivity contribution in [1.82, 2.24) is 15.5 Å². The largest absolute Gasteiger partial charge is 0.497 e. The molecule has 1 aromatic rings. The van der Waals surface area contributed by atoms with Gasteiger partial charge in [-0.25, -0.2) is 4.79 Å². The third kappa shape index (κ3) is 4.01. The molecule has 4 amide bonds. The Morgan fingerprint density at radius 3 is 2.64 bits per heavy atom. The predicted molar refractivity (Wildman–Crippen MR) is 91.5 cm³/mol. The van der Waals surface area contributed by atoms with Crippen LogP contribution < -0.4 is 20.3 Å². The highest BCUT2D eigenvalue weighted by atomic mass is 16.5. The van der Waals surface area contributed by atoms with Crippen LogP contribution >= 0.6 is 0 Å². The van der Waals surface area contributed by atoms with Gasteiger partial charge in [0.05, 0.1) is 7.11 Å². The summed E-state index contributed by atoms with van der Waals surface area (Å²) in [7, 11) is 1.64. The van der Waals surface area contributed by atoms with E-state index in [1.54, 1.807) is 7.11 Å². The molecule has 0 unspecified atom stereocenters. The quantitative estimate of drug-likeness (QED) is 0.750. The minimum Gasteiger partial charge on any atom is -0.497 e. The summed E-state index contributed by atoms with van der Waals surface area (Å²) in [5, 5.41) is 4.68. The fourth-order valence-electron chi connectivity index (χ4n) is 3.11. The van der Waals surface area contributed by atoms with Crippen LogP contribution in [-0.2, 0) is 9.59 Å². The van der Waals surface area contributed by atoms with E-state index in [0.717, 1.165) is 24.5 Å². The summed E-state index contributed by atoms with van der Waals surface area (Å²) >= 11 is 0. The number of benzene rings is 1. The lowest BCUT2D eigenvalue weighted by Gasteiger charge is -2.36. The first kappa shape index (κ1) is 17.1. The van der Waals surface area contributed by atoms with Crippen molar-refractivity contribution in [3.8, 4) is 5.75 Å². The Labute approximate surface area is 146 Å². The van der Waals surface area contributed by atoms with Gasteiger partial charge in [0, 0.05) is 44.4 Å². The van der Waals surface area contributed by atoms with Gasteiger partial charge in [0.2, 0.25) is 5.91 Å². The number of ether oxygens (including phenoxy) is 1. The van der Waals surface area contributed by atoms with Gasteiger partial charge in [-0.2, -0.15) is 0 Å². The van der Waals surface area contributed by atoms with Crippen molar-refractivity contribution >= 4 is 23.5 Å². The molecule has 1 aromatic carbocycles. The van der Waals surface area contributed by atoms with Gasteiger partial charge >= 0.3 is 6.03 Å². The van der Waals surface area contributed by atoms with Crippen LogP contribution in [0.1, 0.15) is 12.8 Å². The third-order valence-corrected chi connectivity index (χ3v) is 4.56. The van der Waals surface area contributed by atoms with Crippen molar-refractivity contribution < 1.29 is 19.1 Å². The summed E-state index contributed by atoms with van der Waals surface area (Å²) in [5.74, 6) is 0.466. The maximum Gasteiger partial charge on any atom is 0.322 e. The zero-order valence-corrected chi connectivity index (χ0v) is 14.2. The number of amides is 4. The van der Waals surface area contributed by atoms with Crippen molar-refractivity contribution in [3.05, 3.63) is 24.3 Å². The highest BCUT2D eigenvalue weighted by Gasteiger charge is 2.30. The lowest BCUT2D eigenvalue weighted by atomic mass is 10.1.